The summed E-state index contributed by atoms with van der Waals surface area (Å²) in [5.41, 5.74) is 0. The van der Waals surface area contributed by atoms with E-state index in [2.05, 4.69) is 15.5 Å². The van der Waals surface area contributed by atoms with Crippen LogP contribution in [0.5, 0.6) is 0 Å². The molecule has 1 unspecified atom stereocenters. The SMILES string of the molecule is CCN(CCCO)c1nnc(C(C)NC)o1. The third-order valence-corrected chi connectivity index (χ3v) is 2.47. The Bertz CT molecular complexity index is 303. The summed E-state index contributed by atoms with van der Waals surface area (Å²) in [4.78, 5) is 1.95. The van der Waals surface area contributed by atoms with Crippen molar-refractivity contribution in [3.8, 4) is 0 Å². The Balaban J connectivity index is 2.66. The Morgan fingerprint density at radius 1 is 1.50 bits per heavy atom. The molecule has 16 heavy (non-hydrogen) atoms. The fourth-order valence-electron chi connectivity index (χ4n) is 1.30. The molecule has 1 aromatic rings. The number of hydrogen-bond donors (Lipinski definition) is 2. The van der Waals surface area contributed by atoms with Crippen molar-refractivity contribution in [1.29, 1.82) is 0 Å². The molecule has 1 heterocycles. The first-order valence-corrected chi connectivity index (χ1v) is 5.59. The van der Waals surface area contributed by atoms with Gasteiger partial charge in [0, 0.05) is 19.7 Å². The molecule has 0 fully saturated rings. The standard InChI is InChI=1S/C10H20N4O2/c1-4-14(6-5-7-15)10-13-12-9(16-10)8(2)11-3/h8,11,15H,4-7H2,1-3H3. The first kappa shape index (κ1) is 12.9. The maximum absolute atomic E-state index is 8.79. The number of nitrogens with one attached hydrogen (secondary N) is 1. The zero-order valence-corrected chi connectivity index (χ0v) is 10.1. The second-order valence-electron chi connectivity index (χ2n) is 3.59. The van der Waals surface area contributed by atoms with Gasteiger partial charge in [0.15, 0.2) is 0 Å². The molecular formula is C10H20N4O2. The number of aliphatic hydroxyl groups is 1. The maximum atomic E-state index is 8.79. The molecule has 0 aliphatic rings. The van der Waals surface area contributed by atoms with E-state index in [1.807, 2.05) is 25.8 Å². The fraction of sp³-hybridized carbons (Fsp3) is 0.800. The average Bonchev–Trinajstić information content (AvgIpc) is 2.78. The number of nitrogens with zero attached hydrogens (tertiary/aromatic N) is 3. The molecule has 0 aliphatic carbocycles. The minimum atomic E-state index is 0.0535. The van der Waals surface area contributed by atoms with E-state index in [0.29, 0.717) is 18.3 Å². The van der Waals surface area contributed by atoms with Gasteiger partial charge in [-0.05, 0) is 27.3 Å². The maximum Gasteiger partial charge on any atom is 0.318 e. The van der Waals surface area contributed by atoms with Gasteiger partial charge in [-0.2, -0.15) is 0 Å². The lowest BCUT2D eigenvalue weighted by molar-refractivity contribution is 0.288. The van der Waals surface area contributed by atoms with Crippen LogP contribution < -0.4 is 10.2 Å². The van der Waals surface area contributed by atoms with Gasteiger partial charge < -0.3 is 19.7 Å². The quantitative estimate of drug-likeness (QED) is 0.710. The van der Waals surface area contributed by atoms with Gasteiger partial charge in [0.2, 0.25) is 5.89 Å². The van der Waals surface area contributed by atoms with Crippen LogP contribution in [0.4, 0.5) is 6.01 Å². The fourth-order valence-corrected chi connectivity index (χ4v) is 1.30. The molecule has 0 spiro atoms. The third kappa shape index (κ3) is 3.18. The van der Waals surface area contributed by atoms with Gasteiger partial charge in [0.1, 0.15) is 0 Å². The highest BCUT2D eigenvalue weighted by atomic mass is 16.4. The van der Waals surface area contributed by atoms with Crippen molar-refractivity contribution in [3.63, 3.8) is 0 Å². The van der Waals surface area contributed by atoms with Crippen LogP contribution in [0, 0.1) is 0 Å². The lowest BCUT2D eigenvalue weighted by Gasteiger charge is -2.16. The molecule has 1 aromatic heterocycles. The van der Waals surface area contributed by atoms with E-state index in [0.717, 1.165) is 13.1 Å². The van der Waals surface area contributed by atoms with Crippen LogP contribution in [0.15, 0.2) is 4.42 Å². The van der Waals surface area contributed by atoms with Gasteiger partial charge in [-0.25, -0.2) is 0 Å². The zero-order chi connectivity index (χ0) is 12.0. The van der Waals surface area contributed by atoms with Gasteiger partial charge >= 0.3 is 6.01 Å². The molecule has 0 amide bonds. The van der Waals surface area contributed by atoms with Crippen LogP contribution in [0.3, 0.4) is 0 Å². The van der Waals surface area contributed by atoms with Crippen LogP contribution in [0.25, 0.3) is 0 Å². The second-order valence-corrected chi connectivity index (χ2v) is 3.59. The molecule has 0 aliphatic heterocycles. The molecule has 0 aromatic carbocycles. The second kappa shape index (κ2) is 6.44. The smallest absolute Gasteiger partial charge is 0.318 e. The van der Waals surface area contributed by atoms with Crippen molar-refractivity contribution in [1.82, 2.24) is 15.5 Å². The molecule has 1 rings (SSSR count). The van der Waals surface area contributed by atoms with E-state index >= 15 is 0 Å². The van der Waals surface area contributed by atoms with Crippen LogP contribution in [-0.4, -0.2) is 42.0 Å². The Labute approximate surface area is 95.7 Å². The molecule has 0 saturated heterocycles. The van der Waals surface area contributed by atoms with Crippen molar-refractivity contribution in [2.24, 2.45) is 0 Å². The lowest BCUT2D eigenvalue weighted by Crippen LogP contribution is -2.24. The summed E-state index contributed by atoms with van der Waals surface area (Å²) in [5, 5.41) is 19.8. The third-order valence-electron chi connectivity index (χ3n) is 2.47. The number of aliphatic hydroxyl groups excluding tert-OH is 1. The van der Waals surface area contributed by atoms with Gasteiger partial charge in [-0.15, -0.1) is 5.10 Å². The summed E-state index contributed by atoms with van der Waals surface area (Å²) in [6.07, 6.45) is 0.702. The number of hydrogen-bond acceptors (Lipinski definition) is 6. The predicted octanol–water partition coefficient (Wildman–Crippen LogP) is 0.559. The summed E-state index contributed by atoms with van der Waals surface area (Å²) >= 11 is 0. The minimum Gasteiger partial charge on any atom is -0.406 e. The van der Waals surface area contributed by atoms with E-state index in [-0.39, 0.29) is 12.6 Å². The highest BCUT2D eigenvalue weighted by Gasteiger charge is 2.15. The molecule has 1 atom stereocenters. The minimum absolute atomic E-state index is 0.0535. The van der Waals surface area contributed by atoms with E-state index in [1.165, 1.54) is 0 Å². The van der Waals surface area contributed by atoms with Gasteiger partial charge in [0.05, 0.1) is 6.04 Å². The average molecular weight is 228 g/mol. The molecule has 0 bridgehead atoms. The van der Waals surface area contributed by atoms with E-state index in [9.17, 15) is 0 Å². The molecule has 0 radical (unpaired) electrons. The van der Waals surface area contributed by atoms with Gasteiger partial charge in [0.25, 0.3) is 0 Å². The highest BCUT2D eigenvalue weighted by molar-refractivity contribution is 5.23. The Hall–Kier alpha value is -1.14. The number of aromatic nitrogens is 2. The molecule has 2 N–H and O–H groups in total. The summed E-state index contributed by atoms with van der Waals surface area (Å²) in [5.74, 6) is 0.583. The van der Waals surface area contributed by atoms with Crippen LogP contribution >= 0.6 is 0 Å². The lowest BCUT2D eigenvalue weighted by atomic mass is 10.3. The van der Waals surface area contributed by atoms with Crippen LogP contribution in [-0.2, 0) is 0 Å². The van der Waals surface area contributed by atoms with Gasteiger partial charge in [-0.1, -0.05) is 5.10 Å². The van der Waals surface area contributed by atoms with E-state index < -0.39 is 0 Å². The number of rotatable bonds is 7. The van der Waals surface area contributed by atoms with Crippen LogP contribution in [0.2, 0.25) is 0 Å². The molecule has 92 valence electrons. The first-order valence-electron chi connectivity index (χ1n) is 5.59. The van der Waals surface area contributed by atoms with E-state index in [4.69, 9.17) is 9.52 Å². The summed E-state index contributed by atoms with van der Waals surface area (Å²) in [6.45, 7) is 5.66. The summed E-state index contributed by atoms with van der Waals surface area (Å²) < 4.78 is 5.55. The molecular weight excluding hydrogens is 208 g/mol. The van der Waals surface area contributed by atoms with Gasteiger partial charge in [-0.3, -0.25) is 0 Å². The molecule has 6 nitrogen and oxygen atoms in total. The monoisotopic (exact) mass is 228 g/mol. The van der Waals surface area contributed by atoms with Crippen molar-refractivity contribution in [2.75, 3.05) is 31.6 Å². The largest absolute Gasteiger partial charge is 0.406 e. The van der Waals surface area contributed by atoms with Crippen molar-refractivity contribution in [2.45, 2.75) is 26.3 Å². The first-order chi connectivity index (χ1) is 7.72. The Morgan fingerprint density at radius 2 is 2.25 bits per heavy atom. The van der Waals surface area contributed by atoms with Crippen molar-refractivity contribution >= 4 is 6.01 Å². The van der Waals surface area contributed by atoms with Crippen molar-refractivity contribution in [3.05, 3.63) is 5.89 Å². The molecule has 0 saturated carbocycles. The Kier molecular flexibility index (Phi) is 5.21. The highest BCUT2D eigenvalue weighted by Crippen LogP contribution is 2.16. The normalized spacial score (nSPS) is 12.8. The summed E-state index contributed by atoms with van der Waals surface area (Å²) in [6, 6.07) is 0.575. The number of anilines is 1. The zero-order valence-electron chi connectivity index (χ0n) is 10.1. The van der Waals surface area contributed by atoms with Crippen LogP contribution in [0.1, 0.15) is 32.2 Å². The summed E-state index contributed by atoms with van der Waals surface area (Å²) in [7, 11) is 1.85. The Morgan fingerprint density at radius 3 is 2.81 bits per heavy atom. The molecule has 6 heteroatoms. The van der Waals surface area contributed by atoms with Crippen molar-refractivity contribution < 1.29 is 9.52 Å². The topological polar surface area (TPSA) is 74.4 Å². The predicted molar refractivity (Wildman–Crippen MR) is 61.4 cm³/mol. The van der Waals surface area contributed by atoms with E-state index in [1.54, 1.807) is 0 Å².